The summed E-state index contributed by atoms with van der Waals surface area (Å²) in [6, 6.07) is 5.82. The highest BCUT2D eigenvalue weighted by Crippen LogP contribution is 2.21. The Morgan fingerprint density at radius 3 is 2.68 bits per heavy atom. The number of carbonyl (C=O) groups is 2. The molecule has 0 aliphatic carbocycles. The van der Waals surface area contributed by atoms with Crippen molar-refractivity contribution in [2.24, 2.45) is 0 Å². The van der Waals surface area contributed by atoms with Gasteiger partial charge in [-0.3, -0.25) is 9.59 Å². The monoisotopic (exact) mass is 405 g/mol. The quantitative estimate of drug-likeness (QED) is 0.768. The van der Waals surface area contributed by atoms with E-state index in [1.165, 1.54) is 28.4 Å². The fourth-order valence-corrected chi connectivity index (χ4v) is 3.87. The van der Waals surface area contributed by atoms with Gasteiger partial charge in [-0.1, -0.05) is 12.1 Å². The van der Waals surface area contributed by atoms with Crippen molar-refractivity contribution < 1.29 is 18.7 Å². The Kier molecular flexibility index (Phi) is 6.74. The maximum absolute atomic E-state index is 13.1. The second-order valence-electron chi connectivity index (χ2n) is 6.92. The first-order valence-electron chi connectivity index (χ1n) is 9.28. The van der Waals surface area contributed by atoms with Crippen molar-refractivity contribution in [3.8, 4) is 0 Å². The Balaban J connectivity index is 1.65. The van der Waals surface area contributed by atoms with Gasteiger partial charge in [-0.2, -0.15) is 0 Å². The van der Waals surface area contributed by atoms with Crippen molar-refractivity contribution in [2.45, 2.75) is 39.2 Å². The molecule has 28 heavy (non-hydrogen) atoms. The average molecular weight is 405 g/mol. The second kappa shape index (κ2) is 9.25. The first-order chi connectivity index (χ1) is 13.4. The molecular weight excluding hydrogens is 381 g/mol. The van der Waals surface area contributed by atoms with Gasteiger partial charge in [0.2, 0.25) is 11.8 Å². The molecule has 8 heteroatoms. The summed E-state index contributed by atoms with van der Waals surface area (Å²) < 4.78 is 18.7. The zero-order chi connectivity index (χ0) is 20.1. The van der Waals surface area contributed by atoms with Gasteiger partial charge >= 0.3 is 0 Å². The number of halogens is 1. The molecule has 3 rings (SSSR count). The number of thiazole rings is 1. The van der Waals surface area contributed by atoms with Crippen LogP contribution in [0.25, 0.3) is 0 Å². The lowest BCUT2D eigenvalue weighted by Gasteiger charge is -2.25. The first-order valence-corrected chi connectivity index (χ1v) is 10.1. The van der Waals surface area contributed by atoms with E-state index in [0.717, 1.165) is 23.4 Å². The third-order valence-electron chi connectivity index (χ3n) is 4.68. The zero-order valence-electron chi connectivity index (χ0n) is 16.0. The van der Waals surface area contributed by atoms with Crippen molar-refractivity contribution in [3.05, 3.63) is 46.2 Å². The molecule has 0 spiro atoms. The molecule has 1 aromatic heterocycles. The lowest BCUT2D eigenvalue weighted by atomic mass is 10.1. The minimum absolute atomic E-state index is 0.0608. The van der Waals surface area contributed by atoms with Crippen LogP contribution < -0.4 is 5.32 Å². The van der Waals surface area contributed by atoms with E-state index < -0.39 is 0 Å². The highest BCUT2D eigenvalue weighted by atomic mass is 32.1. The van der Waals surface area contributed by atoms with Crippen LogP contribution in [0, 0.1) is 19.7 Å². The maximum atomic E-state index is 13.1. The van der Waals surface area contributed by atoms with Gasteiger partial charge in [-0.25, -0.2) is 9.37 Å². The van der Waals surface area contributed by atoms with Crippen LogP contribution in [0.3, 0.4) is 0 Å². The second-order valence-corrected chi connectivity index (χ2v) is 8.12. The highest BCUT2D eigenvalue weighted by molar-refractivity contribution is 7.15. The number of amides is 2. The van der Waals surface area contributed by atoms with Crippen LogP contribution in [0.1, 0.15) is 29.0 Å². The van der Waals surface area contributed by atoms with Gasteiger partial charge in [-0.15, -0.1) is 11.3 Å². The van der Waals surface area contributed by atoms with E-state index in [2.05, 4.69) is 10.3 Å². The summed E-state index contributed by atoms with van der Waals surface area (Å²) in [5.74, 6) is -0.830. The first kappa shape index (κ1) is 20.4. The molecule has 1 saturated heterocycles. The Morgan fingerprint density at radius 1 is 1.32 bits per heavy atom. The topological polar surface area (TPSA) is 71.5 Å². The molecule has 1 fully saturated rings. The van der Waals surface area contributed by atoms with Gasteiger partial charge in [0.05, 0.1) is 18.2 Å². The molecule has 2 amide bonds. The van der Waals surface area contributed by atoms with Gasteiger partial charge < -0.3 is 15.0 Å². The van der Waals surface area contributed by atoms with E-state index in [9.17, 15) is 14.0 Å². The maximum Gasteiger partial charge on any atom is 0.245 e. The Bertz CT molecular complexity index is 812. The van der Waals surface area contributed by atoms with Crippen LogP contribution in [-0.4, -0.2) is 47.5 Å². The largest absolute Gasteiger partial charge is 0.376 e. The molecule has 1 unspecified atom stereocenters. The SMILES string of the molecule is Cc1nc(NC(=O)CN(CC2CCCO2)C(=O)Cc2ccc(F)cc2)sc1C. The van der Waals surface area contributed by atoms with Crippen LogP contribution in [0.2, 0.25) is 0 Å². The predicted molar refractivity (Wildman–Crippen MR) is 106 cm³/mol. The van der Waals surface area contributed by atoms with Crippen molar-refractivity contribution >= 4 is 28.3 Å². The van der Waals surface area contributed by atoms with E-state index in [1.54, 1.807) is 12.1 Å². The molecule has 2 aromatic rings. The van der Waals surface area contributed by atoms with E-state index >= 15 is 0 Å². The number of ether oxygens (including phenoxy) is 1. The zero-order valence-corrected chi connectivity index (χ0v) is 16.9. The number of carbonyl (C=O) groups excluding carboxylic acids is 2. The van der Waals surface area contributed by atoms with Gasteiger partial charge in [0, 0.05) is 18.0 Å². The van der Waals surface area contributed by atoms with Gasteiger partial charge in [0.25, 0.3) is 0 Å². The average Bonchev–Trinajstić information content (AvgIpc) is 3.26. The molecule has 1 N–H and O–H groups in total. The lowest BCUT2D eigenvalue weighted by Crippen LogP contribution is -2.43. The molecule has 150 valence electrons. The molecule has 2 heterocycles. The Hall–Kier alpha value is -2.32. The molecule has 1 aliphatic rings. The van der Waals surface area contributed by atoms with Crippen molar-refractivity contribution in [1.29, 1.82) is 0 Å². The van der Waals surface area contributed by atoms with E-state index in [-0.39, 0.29) is 36.7 Å². The summed E-state index contributed by atoms with van der Waals surface area (Å²) in [6.07, 6.45) is 1.87. The number of nitrogens with zero attached hydrogens (tertiary/aromatic N) is 2. The third kappa shape index (κ3) is 5.59. The lowest BCUT2D eigenvalue weighted by molar-refractivity contribution is -0.135. The number of nitrogens with one attached hydrogen (secondary N) is 1. The molecular formula is C20H24FN3O3S. The summed E-state index contributed by atoms with van der Waals surface area (Å²) in [4.78, 5) is 32.2. The molecule has 6 nitrogen and oxygen atoms in total. The number of hydrogen-bond donors (Lipinski definition) is 1. The van der Waals surface area contributed by atoms with Crippen molar-refractivity contribution in [1.82, 2.24) is 9.88 Å². The minimum Gasteiger partial charge on any atom is -0.376 e. The fourth-order valence-electron chi connectivity index (χ4n) is 3.04. The molecule has 1 aromatic carbocycles. The number of aromatic nitrogens is 1. The normalized spacial score (nSPS) is 16.2. The van der Waals surface area contributed by atoms with Crippen LogP contribution in [-0.2, 0) is 20.7 Å². The number of aryl methyl sites for hydroxylation is 2. The van der Waals surface area contributed by atoms with Gasteiger partial charge in [0.15, 0.2) is 5.13 Å². The third-order valence-corrected chi connectivity index (χ3v) is 5.67. The summed E-state index contributed by atoms with van der Waals surface area (Å²) in [5.41, 5.74) is 1.58. The Labute approximate surface area is 167 Å². The summed E-state index contributed by atoms with van der Waals surface area (Å²) in [5, 5.41) is 3.30. The smallest absolute Gasteiger partial charge is 0.245 e. The van der Waals surface area contributed by atoms with Crippen LogP contribution in [0.4, 0.5) is 9.52 Å². The van der Waals surface area contributed by atoms with Gasteiger partial charge in [-0.05, 0) is 44.4 Å². The number of anilines is 1. The summed E-state index contributed by atoms with van der Waals surface area (Å²) >= 11 is 1.41. The molecule has 0 bridgehead atoms. The summed E-state index contributed by atoms with van der Waals surface area (Å²) in [7, 11) is 0. The van der Waals surface area contributed by atoms with Crippen LogP contribution >= 0.6 is 11.3 Å². The number of rotatable bonds is 7. The van der Waals surface area contributed by atoms with E-state index in [4.69, 9.17) is 4.74 Å². The fraction of sp³-hybridized carbons (Fsp3) is 0.450. The highest BCUT2D eigenvalue weighted by Gasteiger charge is 2.25. The van der Waals surface area contributed by atoms with Crippen LogP contribution in [0.15, 0.2) is 24.3 Å². The van der Waals surface area contributed by atoms with Crippen LogP contribution in [0.5, 0.6) is 0 Å². The Morgan fingerprint density at radius 2 is 2.07 bits per heavy atom. The van der Waals surface area contributed by atoms with E-state index in [1.807, 2.05) is 13.8 Å². The predicted octanol–water partition coefficient (Wildman–Crippen LogP) is 3.09. The standard InChI is InChI=1S/C20H24FN3O3S/c1-13-14(2)28-20(22-13)23-18(25)12-24(11-17-4-3-9-27-17)19(26)10-15-5-7-16(21)8-6-15/h5-8,17H,3-4,9-12H2,1-2H3,(H,22,23,25). The minimum atomic E-state index is -0.346. The summed E-state index contributed by atoms with van der Waals surface area (Å²) in [6.45, 7) is 4.80. The van der Waals surface area contributed by atoms with Gasteiger partial charge in [0.1, 0.15) is 12.4 Å². The molecule has 1 aliphatic heterocycles. The molecule has 0 saturated carbocycles. The number of hydrogen-bond acceptors (Lipinski definition) is 5. The molecule has 1 atom stereocenters. The van der Waals surface area contributed by atoms with Crippen molar-refractivity contribution in [3.63, 3.8) is 0 Å². The van der Waals surface area contributed by atoms with E-state index in [0.29, 0.717) is 23.8 Å². The number of benzene rings is 1. The van der Waals surface area contributed by atoms with Crippen molar-refractivity contribution in [2.75, 3.05) is 25.0 Å². The molecule has 0 radical (unpaired) electrons.